The normalized spacial score (nSPS) is 28.2. The van der Waals surface area contributed by atoms with Gasteiger partial charge in [-0.3, -0.25) is 0 Å². The molecule has 2 heterocycles. The van der Waals surface area contributed by atoms with Crippen LogP contribution in [-0.2, 0) is 12.7 Å². The molecule has 2 unspecified atom stereocenters. The van der Waals surface area contributed by atoms with Crippen molar-refractivity contribution in [3.63, 3.8) is 0 Å². The minimum Gasteiger partial charge on any atom is -0.352 e. The van der Waals surface area contributed by atoms with Gasteiger partial charge in [-0.05, 0) is 43.0 Å². The van der Waals surface area contributed by atoms with Crippen LogP contribution in [0.4, 0.5) is 18.9 Å². The molecule has 2 aliphatic heterocycles. The van der Waals surface area contributed by atoms with Gasteiger partial charge in [-0.2, -0.15) is 13.2 Å². The van der Waals surface area contributed by atoms with Crippen LogP contribution in [0.1, 0.15) is 30.4 Å². The van der Waals surface area contributed by atoms with E-state index in [0.29, 0.717) is 29.8 Å². The van der Waals surface area contributed by atoms with Gasteiger partial charge in [0, 0.05) is 18.5 Å². The average molecular weight is 266 g/mol. The van der Waals surface area contributed by atoms with Gasteiger partial charge in [0.2, 0.25) is 0 Å². The second kappa shape index (κ2) is 3.52. The maximum absolute atomic E-state index is 12.7. The smallest absolute Gasteiger partial charge is 0.352 e. The summed E-state index contributed by atoms with van der Waals surface area (Å²) in [5, 5.41) is 0. The third-order valence-electron chi connectivity index (χ3n) is 4.49. The van der Waals surface area contributed by atoms with Crippen LogP contribution in [0.15, 0.2) is 23.2 Å². The van der Waals surface area contributed by atoms with Gasteiger partial charge in [0.1, 0.15) is 5.84 Å². The van der Waals surface area contributed by atoms with E-state index in [1.165, 1.54) is 18.6 Å². The van der Waals surface area contributed by atoms with Gasteiger partial charge in [0.05, 0.1) is 11.3 Å². The van der Waals surface area contributed by atoms with Crippen molar-refractivity contribution < 1.29 is 13.2 Å². The maximum atomic E-state index is 12.7. The van der Waals surface area contributed by atoms with Crippen molar-refractivity contribution in [1.29, 1.82) is 0 Å². The van der Waals surface area contributed by atoms with Crippen molar-refractivity contribution in [3.05, 3.63) is 29.3 Å². The van der Waals surface area contributed by atoms with E-state index in [2.05, 4.69) is 9.89 Å². The standard InChI is InChI=1S/C14H13F3N2/c15-14(16,17)10-2-4-12-9(5-10)7-19-11-3-1-8(6-11)13(19)18-12/h2,4-5,8,11H,1,3,6-7H2. The lowest BCUT2D eigenvalue weighted by Gasteiger charge is -2.34. The number of nitrogens with zero attached hydrogens (tertiary/aromatic N) is 2. The zero-order valence-corrected chi connectivity index (χ0v) is 10.2. The predicted octanol–water partition coefficient (Wildman–Crippen LogP) is 3.73. The molecular formula is C14H13F3N2. The van der Waals surface area contributed by atoms with Gasteiger partial charge in [0.25, 0.3) is 0 Å². The number of rotatable bonds is 0. The molecule has 2 bridgehead atoms. The van der Waals surface area contributed by atoms with Crippen LogP contribution >= 0.6 is 0 Å². The van der Waals surface area contributed by atoms with Gasteiger partial charge in [-0.15, -0.1) is 0 Å². The third kappa shape index (κ3) is 1.60. The minimum absolute atomic E-state index is 0.492. The van der Waals surface area contributed by atoms with E-state index >= 15 is 0 Å². The summed E-state index contributed by atoms with van der Waals surface area (Å²) in [6.07, 6.45) is -0.823. The molecule has 2 nitrogen and oxygen atoms in total. The molecular weight excluding hydrogens is 253 g/mol. The van der Waals surface area contributed by atoms with Crippen LogP contribution in [0.5, 0.6) is 0 Å². The molecule has 100 valence electrons. The Bertz CT molecular complexity index is 577. The topological polar surface area (TPSA) is 15.6 Å². The van der Waals surface area contributed by atoms with E-state index in [1.54, 1.807) is 0 Å². The van der Waals surface area contributed by atoms with E-state index in [1.807, 2.05) is 0 Å². The fraction of sp³-hybridized carbons (Fsp3) is 0.500. The summed E-state index contributed by atoms with van der Waals surface area (Å²) in [4.78, 5) is 6.79. The highest BCUT2D eigenvalue weighted by Gasteiger charge is 2.44. The fourth-order valence-electron chi connectivity index (χ4n) is 3.57. The van der Waals surface area contributed by atoms with Crippen molar-refractivity contribution in [2.45, 2.75) is 38.0 Å². The van der Waals surface area contributed by atoms with Crippen molar-refractivity contribution >= 4 is 11.5 Å². The molecule has 19 heavy (non-hydrogen) atoms. The molecule has 0 aromatic heterocycles. The highest BCUT2D eigenvalue weighted by atomic mass is 19.4. The SMILES string of the molecule is FC(F)(F)c1ccc2c(c1)CN1C(=N2)C2CCC1C2. The van der Waals surface area contributed by atoms with Crippen molar-refractivity contribution in [2.24, 2.45) is 10.9 Å². The Kier molecular flexibility index (Phi) is 2.10. The second-order valence-corrected chi connectivity index (χ2v) is 5.60. The lowest BCUT2D eigenvalue weighted by atomic mass is 10.0. The number of amidine groups is 1. The van der Waals surface area contributed by atoms with Gasteiger partial charge >= 0.3 is 6.18 Å². The van der Waals surface area contributed by atoms with Gasteiger partial charge in [-0.25, -0.2) is 4.99 Å². The van der Waals surface area contributed by atoms with Crippen LogP contribution in [0.2, 0.25) is 0 Å². The second-order valence-electron chi connectivity index (χ2n) is 5.60. The lowest BCUT2D eigenvalue weighted by molar-refractivity contribution is -0.137. The molecule has 1 saturated carbocycles. The molecule has 0 amide bonds. The molecule has 4 rings (SSSR count). The van der Waals surface area contributed by atoms with E-state index < -0.39 is 11.7 Å². The number of hydrogen-bond acceptors (Lipinski definition) is 2. The number of hydrogen-bond donors (Lipinski definition) is 0. The fourth-order valence-corrected chi connectivity index (χ4v) is 3.57. The highest BCUT2D eigenvalue weighted by Crippen LogP contribution is 2.45. The number of fused-ring (bicyclic) bond motifs is 6. The Labute approximate surface area is 108 Å². The monoisotopic (exact) mass is 266 g/mol. The number of piperidine rings is 1. The molecule has 2 fully saturated rings. The first-order chi connectivity index (χ1) is 9.02. The first-order valence-corrected chi connectivity index (χ1v) is 6.58. The lowest BCUT2D eigenvalue weighted by Crippen LogP contribution is -2.38. The zero-order valence-electron chi connectivity index (χ0n) is 10.2. The summed E-state index contributed by atoms with van der Waals surface area (Å²) >= 11 is 0. The number of aliphatic imine (C=N–C) groups is 1. The van der Waals surface area contributed by atoms with Gasteiger partial charge < -0.3 is 4.90 Å². The summed E-state index contributed by atoms with van der Waals surface area (Å²) < 4.78 is 38.2. The quantitative estimate of drug-likeness (QED) is 0.698. The van der Waals surface area contributed by atoms with Crippen LogP contribution in [0, 0.1) is 5.92 Å². The van der Waals surface area contributed by atoms with Crippen LogP contribution in [-0.4, -0.2) is 16.8 Å². The Hall–Kier alpha value is -1.52. The van der Waals surface area contributed by atoms with Crippen LogP contribution in [0.25, 0.3) is 0 Å². The number of halogens is 3. The Morgan fingerprint density at radius 1 is 1.21 bits per heavy atom. The molecule has 5 heteroatoms. The Balaban J connectivity index is 1.77. The first-order valence-electron chi connectivity index (χ1n) is 6.58. The predicted molar refractivity (Wildman–Crippen MR) is 65.2 cm³/mol. The van der Waals surface area contributed by atoms with Gasteiger partial charge in [0.15, 0.2) is 0 Å². The zero-order chi connectivity index (χ0) is 13.2. The summed E-state index contributed by atoms with van der Waals surface area (Å²) in [5.74, 6) is 1.63. The Morgan fingerprint density at radius 2 is 2.05 bits per heavy atom. The molecule has 3 aliphatic rings. The summed E-state index contributed by atoms with van der Waals surface area (Å²) in [7, 11) is 0. The van der Waals surface area contributed by atoms with Crippen molar-refractivity contribution in [2.75, 3.05) is 0 Å². The van der Waals surface area contributed by atoms with E-state index in [-0.39, 0.29) is 0 Å². The van der Waals surface area contributed by atoms with Crippen molar-refractivity contribution in [3.8, 4) is 0 Å². The molecule has 0 N–H and O–H groups in total. The summed E-state index contributed by atoms with van der Waals surface area (Å²) in [6, 6.07) is 4.38. The third-order valence-corrected chi connectivity index (χ3v) is 4.49. The molecule has 1 saturated heterocycles. The largest absolute Gasteiger partial charge is 0.416 e. The molecule has 0 spiro atoms. The first kappa shape index (κ1) is 11.3. The van der Waals surface area contributed by atoms with E-state index in [0.717, 1.165) is 24.7 Å². The summed E-state index contributed by atoms with van der Waals surface area (Å²) in [6.45, 7) is 0.583. The Morgan fingerprint density at radius 3 is 2.84 bits per heavy atom. The average Bonchev–Trinajstić information content (AvgIpc) is 2.96. The summed E-state index contributed by atoms with van der Waals surface area (Å²) in [5.41, 5.74) is 0.840. The maximum Gasteiger partial charge on any atom is 0.416 e. The number of alkyl halides is 3. The molecule has 1 aromatic carbocycles. The van der Waals surface area contributed by atoms with Crippen LogP contribution < -0.4 is 0 Å². The molecule has 1 aromatic rings. The molecule has 0 radical (unpaired) electrons. The number of benzene rings is 1. The van der Waals surface area contributed by atoms with Crippen molar-refractivity contribution in [1.82, 2.24) is 4.90 Å². The van der Waals surface area contributed by atoms with E-state index in [4.69, 9.17) is 0 Å². The minimum atomic E-state index is -4.27. The molecule has 2 atom stereocenters. The highest BCUT2D eigenvalue weighted by molar-refractivity contribution is 5.91. The van der Waals surface area contributed by atoms with Crippen LogP contribution in [0.3, 0.4) is 0 Å². The molecule has 1 aliphatic carbocycles. The van der Waals surface area contributed by atoms with E-state index in [9.17, 15) is 13.2 Å². The van der Waals surface area contributed by atoms with Gasteiger partial charge in [-0.1, -0.05) is 0 Å².